The molecule has 2 N–H and O–H groups in total. The van der Waals surface area contributed by atoms with Crippen LogP contribution in [0.25, 0.3) is 0 Å². The van der Waals surface area contributed by atoms with E-state index in [1.807, 2.05) is 0 Å². The highest BCUT2D eigenvalue weighted by molar-refractivity contribution is 6.13. The molecule has 0 radical (unpaired) electrons. The number of imide groups is 1. The molecule has 1 atom stereocenters. The van der Waals surface area contributed by atoms with E-state index >= 15 is 0 Å². The number of esters is 1. The highest BCUT2D eigenvalue weighted by Gasteiger charge is 2.53. The second-order valence-corrected chi connectivity index (χ2v) is 7.40. The van der Waals surface area contributed by atoms with E-state index in [0.29, 0.717) is 29.7 Å². The topological polar surface area (TPSA) is 109 Å². The summed E-state index contributed by atoms with van der Waals surface area (Å²) in [5.74, 6) is -1.28. The number of aryl methyl sites for hydroxylation is 1. The summed E-state index contributed by atoms with van der Waals surface area (Å²) in [5, 5.41) is 2.82. The predicted octanol–water partition coefficient (Wildman–Crippen LogP) is 2.24. The zero-order chi connectivity index (χ0) is 19.9. The number of Topliss-reactive ketones (excluding diaryl/α,β-unsaturated/α-hetero) is 1. The Morgan fingerprint density at radius 1 is 1.15 bits per heavy atom. The second-order valence-electron chi connectivity index (χ2n) is 7.40. The molecule has 146 valence electrons. The molecule has 1 aromatic heterocycles. The van der Waals surface area contributed by atoms with Crippen LogP contribution in [0.3, 0.4) is 0 Å². The molecule has 1 aliphatic heterocycles. The van der Waals surface area contributed by atoms with Crippen LogP contribution < -0.4 is 5.32 Å². The van der Waals surface area contributed by atoms with Crippen LogP contribution in [0.4, 0.5) is 4.79 Å². The summed E-state index contributed by atoms with van der Waals surface area (Å²) in [6, 6.07) is -1.50. The lowest BCUT2D eigenvalue weighted by Crippen LogP contribution is -2.49. The fourth-order valence-electron chi connectivity index (χ4n) is 4.22. The maximum absolute atomic E-state index is 13.0. The number of amides is 3. The van der Waals surface area contributed by atoms with Gasteiger partial charge in [0.05, 0.1) is 18.4 Å². The summed E-state index contributed by atoms with van der Waals surface area (Å²) in [6.07, 6.45) is 3.99. The molecule has 27 heavy (non-hydrogen) atoms. The average Bonchev–Trinajstić information content (AvgIpc) is 3.07. The van der Waals surface area contributed by atoms with Gasteiger partial charge in [-0.05, 0) is 39.2 Å². The van der Waals surface area contributed by atoms with Crippen molar-refractivity contribution < 1.29 is 23.9 Å². The van der Waals surface area contributed by atoms with Gasteiger partial charge in [-0.1, -0.05) is 19.3 Å². The van der Waals surface area contributed by atoms with Crippen LogP contribution in [0, 0.1) is 13.8 Å². The number of urea groups is 1. The number of carbonyl (C=O) groups excluding carboxylic acids is 4. The number of nitrogens with one attached hydrogen (secondary N) is 2. The van der Waals surface area contributed by atoms with Crippen molar-refractivity contribution in [3.05, 3.63) is 22.5 Å². The Bertz CT molecular complexity index is 820. The largest absolute Gasteiger partial charge is 0.465 e. The Labute approximate surface area is 157 Å². The van der Waals surface area contributed by atoms with E-state index in [0.717, 1.165) is 24.2 Å². The van der Waals surface area contributed by atoms with Crippen molar-refractivity contribution in [1.82, 2.24) is 15.2 Å². The second kappa shape index (κ2) is 6.83. The van der Waals surface area contributed by atoms with Gasteiger partial charge in [-0.25, -0.2) is 9.59 Å². The zero-order valence-corrected chi connectivity index (χ0v) is 16.1. The Kier molecular flexibility index (Phi) is 4.84. The SMILES string of the molecule is COC(=O)c1c(C)[nH]c(C(=O)[C@H](C)N2C(=O)NC3(CCCCC3)C2=O)c1C. The first-order chi connectivity index (χ1) is 12.7. The number of hydrogen-bond acceptors (Lipinski definition) is 5. The molecule has 0 aromatic carbocycles. The van der Waals surface area contributed by atoms with Crippen LogP contribution in [0.15, 0.2) is 0 Å². The molecule has 3 amide bonds. The summed E-state index contributed by atoms with van der Waals surface area (Å²) in [4.78, 5) is 54.4. The highest BCUT2D eigenvalue weighted by atomic mass is 16.5. The number of methoxy groups -OCH3 is 1. The molecule has 2 heterocycles. The first-order valence-corrected chi connectivity index (χ1v) is 9.21. The van der Waals surface area contributed by atoms with Crippen molar-refractivity contribution >= 4 is 23.7 Å². The molecule has 8 heteroatoms. The van der Waals surface area contributed by atoms with Gasteiger partial charge in [0.15, 0.2) is 0 Å². The van der Waals surface area contributed by atoms with E-state index in [1.165, 1.54) is 14.0 Å². The lowest BCUT2D eigenvalue weighted by molar-refractivity contribution is -0.133. The lowest BCUT2D eigenvalue weighted by Gasteiger charge is -2.31. The third-order valence-corrected chi connectivity index (χ3v) is 5.74. The first kappa shape index (κ1) is 19.1. The van der Waals surface area contributed by atoms with Crippen molar-refractivity contribution in [3.8, 4) is 0 Å². The maximum atomic E-state index is 13.0. The Hall–Kier alpha value is -2.64. The van der Waals surface area contributed by atoms with Gasteiger partial charge in [-0.15, -0.1) is 0 Å². The van der Waals surface area contributed by atoms with Crippen molar-refractivity contribution in [2.24, 2.45) is 0 Å². The fraction of sp³-hybridized carbons (Fsp3) is 0.579. The Balaban J connectivity index is 1.89. The van der Waals surface area contributed by atoms with Crippen LogP contribution in [0.2, 0.25) is 0 Å². The van der Waals surface area contributed by atoms with Gasteiger partial charge in [-0.3, -0.25) is 14.5 Å². The first-order valence-electron chi connectivity index (χ1n) is 9.21. The molecule has 1 saturated heterocycles. The molecular formula is C19H25N3O5. The molecule has 1 aliphatic carbocycles. The monoisotopic (exact) mass is 375 g/mol. The summed E-state index contributed by atoms with van der Waals surface area (Å²) >= 11 is 0. The minimum Gasteiger partial charge on any atom is -0.465 e. The van der Waals surface area contributed by atoms with Crippen molar-refractivity contribution in [2.75, 3.05) is 7.11 Å². The number of rotatable bonds is 4. The number of ketones is 1. The fourth-order valence-corrected chi connectivity index (χ4v) is 4.22. The smallest absolute Gasteiger partial charge is 0.339 e. The van der Waals surface area contributed by atoms with Gasteiger partial charge in [0.1, 0.15) is 11.6 Å². The molecular weight excluding hydrogens is 350 g/mol. The van der Waals surface area contributed by atoms with E-state index in [4.69, 9.17) is 4.74 Å². The van der Waals surface area contributed by atoms with Crippen molar-refractivity contribution in [2.45, 2.75) is 64.5 Å². The lowest BCUT2D eigenvalue weighted by atomic mass is 9.81. The van der Waals surface area contributed by atoms with Gasteiger partial charge in [-0.2, -0.15) is 0 Å². The number of carbonyl (C=O) groups is 4. The van der Waals surface area contributed by atoms with Crippen LogP contribution in [-0.2, 0) is 9.53 Å². The molecule has 1 aromatic rings. The Morgan fingerprint density at radius 2 is 1.78 bits per heavy atom. The summed E-state index contributed by atoms with van der Waals surface area (Å²) in [5.41, 5.74) is 0.605. The van der Waals surface area contributed by atoms with E-state index in [9.17, 15) is 19.2 Å². The van der Waals surface area contributed by atoms with E-state index in [1.54, 1.807) is 13.8 Å². The third-order valence-electron chi connectivity index (χ3n) is 5.74. The van der Waals surface area contributed by atoms with Gasteiger partial charge < -0.3 is 15.0 Å². The number of ether oxygens (including phenoxy) is 1. The van der Waals surface area contributed by atoms with Gasteiger partial charge >= 0.3 is 12.0 Å². The predicted molar refractivity (Wildman–Crippen MR) is 96.6 cm³/mol. The van der Waals surface area contributed by atoms with Gasteiger partial charge in [0, 0.05) is 5.69 Å². The molecule has 1 saturated carbocycles. The molecule has 0 unspecified atom stereocenters. The minimum absolute atomic E-state index is 0.214. The van der Waals surface area contributed by atoms with Crippen molar-refractivity contribution in [3.63, 3.8) is 0 Å². The number of aromatic nitrogens is 1. The number of H-pyrrole nitrogens is 1. The summed E-state index contributed by atoms with van der Waals surface area (Å²) in [6.45, 7) is 4.85. The molecule has 8 nitrogen and oxygen atoms in total. The molecule has 2 aliphatic rings. The van der Waals surface area contributed by atoms with Crippen molar-refractivity contribution in [1.29, 1.82) is 0 Å². The van der Waals surface area contributed by atoms with E-state index < -0.39 is 29.4 Å². The number of hydrogen-bond donors (Lipinski definition) is 2. The van der Waals surface area contributed by atoms with Gasteiger partial charge in [0.2, 0.25) is 5.78 Å². The van der Waals surface area contributed by atoms with E-state index in [-0.39, 0.29) is 11.6 Å². The molecule has 1 spiro atoms. The quantitative estimate of drug-likeness (QED) is 0.477. The maximum Gasteiger partial charge on any atom is 0.339 e. The van der Waals surface area contributed by atoms with Crippen LogP contribution in [0.1, 0.15) is 71.1 Å². The minimum atomic E-state index is -0.971. The molecule has 0 bridgehead atoms. The molecule has 3 rings (SSSR count). The highest BCUT2D eigenvalue weighted by Crippen LogP contribution is 2.35. The molecule has 2 fully saturated rings. The number of aromatic amines is 1. The number of nitrogens with zero attached hydrogens (tertiary/aromatic N) is 1. The average molecular weight is 375 g/mol. The van der Waals surface area contributed by atoms with E-state index in [2.05, 4.69) is 10.3 Å². The Morgan fingerprint density at radius 3 is 2.37 bits per heavy atom. The van der Waals surface area contributed by atoms with Crippen LogP contribution >= 0.6 is 0 Å². The standard InChI is InChI=1S/C19H25N3O5/c1-10-13(16(24)27-4)11(2)20-14(10)15(23)12(3)22-17(25)19(21-18(22)26)8-6-5-7-9-19/h12,20H,5-9H2,1-4H3,(H,21,26)/t12-/m0/s1. The third kappa shape index (κ3) is 2.93. The summed E-state index contributed by atoms with van der Waals surface area (Å²) in [7, 11) is 1.27. The van der Waals surface area contributed by atoms with Crippen LogP contribution in [0.5, 0.6) is 0 Å². The van der Waals surface area contributed by atoms with Crippen LogP contribution in [-0.4, -0.2) is 52.3 Å². The normalized spacial score (nSPS) is 19.9. The zero-order valence-electron chi connectivity index (χ0n) is 16.1. The summed E-state index contributed by atoms with van der Waals surface area (Å²) < 4.78 is 4.76. The van der Waals surface area contributed by atoms with Gasteiger partial charge in [0.25, 0.3) is 5.91 Å².